The minimum absolute atomic E-state index is 0.371. The Kier molecular flexibility index (Phi) is 12.2. The molecule has 6 heterocycles. The third-order valence-electron chi connectivity index (χ3n) is 12.4. The van der Waals surface area contributed by atoms with Crippen LogP contribution in [-0.2, 0) is 45.4 Å². The summed E-state index contributed by atoms with van der Waals surface area (Å²) in [4.78, 5) is 13.2. The van der Waals surface area contributed by atoms with E-state index in [1.54, 1.807) is 0 Å². The standard InChI is InChI=1S/C48H63N13/c1-8-60-41(25-31(3)55-60)19-20-51-47-53-42-29-38(33(5)49)27-36-15-17-40(57-21-11-10-12-22-57)18-16-37-28-39(34(6)50)30-43-46(37)59(24-14-13-23-58(47)45(36)42)48(54-43)52-35(7)44-26-32(4)56-61(44)9-2/h13-14,25-30,40H,5-12,15-24,49-50H2,1-4H3,(H,51,53)(H,52,54)/b14-13+. The van der Waals surface area contributed by atoms with Gasteiger partial charge in [-0.1, -0.05) is 38.3 Å². The number of likely N-dealkylation sites (tertiary alicyclic amines) is 1. The number of aryl methyl sites for hydroxylation is 6. The van der Waals surface area contributed by atoms with Gasteiger partial charge in [-0.2, -0.15) is 10.2 Å². The number of nitrogens with one attached hydrogen (secondary N) is 2. The van der Waals surface area contributed by atoms with Crippen LogP contribution in [0.5, 0.6) is 0 Å². The number of aromatic nitrogens is 8. The molecule has 1 atom stereocenters. The molecule has 4 aromatic heterocycles. The van der Waals surface area contributed by atoms with Crippen LogP contribution in [0.25, 0.3) is 39.2 Å². The van der Waals surface area contributed by atoms with Crippen LogP contribution in [0.4, 0.5) is 11.9 Å². The lowest BCUT2D eigenvalue weighted by molar-refractivity contribution is 0.148. The van der Waals surface area contributed by atoms with E-state index in [2.05, 4.69) is 129 Å². The van der Waals surface area contributed by atoms with Crippen molar-refractivity contribution in [2.24, 2.45) is 11.5 Å². The average molecular weight is 822 g/mol. The fraction of sp³-hybridized carbons (Fsp3) is 0.417. The molecule has 13 heteroatoms. The highest BCUT2D eigenvalue weighted by Gasteiger charge is 2.25. The number of allylic oxidation sites excluding steroid dienone is 2. The van der Waals surface area contributed by atoms with Crippen LogP contribution < -0.4 is 22.1 Å². The van der Waals surface area contributed by atoms with E-state index in [0.717, 1.165) is 133 Å². The summed E-state index contributed by atoms with van der Waals surface area (Å²) >= 11 is 0. The first-order chi connectivity index (χ1) is 29.5. The zero-order valence-electron chi connectivity index (χ0n) is 36.6. The van der Waals surface area contributed by atoms with Gasteiger partial charge in [0.2, 0.25) is 11.9 Å². The van der Waals surface area contributed by atoms with Gasteiger partial charge in [0.05, 0.1) is 44.8 Å². The Balaban J connectivity index is 1.23. The van der Waals surface area contributed by atoms with Gasteiger partial charge >= 0.3 is 0 Å². The van der Waals surface area contributed by atoms with Crippen LogP contribution in [0.15, 0.2) is 68.3 Å². The molecule has 2 aliphatic rings. The molecule has 1 fully saturated rings. The number of hydrogen-bond acceptors (Lipinski definition) is 9. The van der Waals surface area contributed by atoms with Crippen molar-refractivity contribution in [3.05, 3.63) is 113 Å². The van der Waals surface area contributed by atoms with Gasteiger partial charge in [0.25, 0.3) is 0 Å². The quantitative estimate of drug-likeness (QED) is 0.0901. The molecule has 0 amide bonds. The predicted molar refractivity (Wildman–Crippen MR) is 251 cm³/mol. The first-order valence-electron chi connectivity index (χ1n) is 22.1. The zero-order valence-corrected chi connectivity index (χ0v) is 36.6. The summed E-state index contributed by atoms with van der Waals surface area (Å²) in [6.45, 7) is 26.8. The Bertz CT molecular complexity index is 2620. The second-order valence-electron chi connectivity index (χ2n) is 16.8. The first-order valence-corrected chi connectivity index (χ1v) is 22.1. The van der Waals surface area contributed by atoms with Gasteiger partial charge in [0, 0.05) is 62.3 Å². The SMILES string of the molecule is C=C(N)c1cc2c3c(c1)nc(NCCc1cc(C)nn1CC)n3C/C=C/Cn1c(NC(=C)c3cc(C)nn3CC)nc3cc(C(=C)N)cc(c31)CCC(N1CCCCC1)CC2. The monoisotopic (exact) mass is 822 g/mol. The molecule has 13 nitrogen and oxygen atoms in total. The highest BCUT2D eigenvalue weighted by molar-refractivity contribution is 5.88. The van der Waals surface area contributed by atoms with Gasteiger partial charge < -0.3 is 36.1 Å². The van der Waals surface area contributed by atoms with Crippen molar-refractivity contribution in [3.63, 3.8) is 0 Å². The van der Waals surface area contributed by atoms with Crippen molar-refractivity contribution in [2.45, 2.75) is 111 Å². The molecule has 0 spiro atoms. The van der Waals surface area contributed by atoms with Crippen molar-refractivity contribution >= 4 is 51.1 Å². The zero-order chi connectivity index (χ0) is 42.8. The Hall–Kier alpha value is -6.08. The molecule has 6 N–H and O–H groups in total. The summed E-state index contributed by atoms with van der Waals surface area (Å²) in [5.41, 5.74) is 27.1. The molecule has 320 valence electrons. The fourth-order valence-corrected chi connectivity index (χ4v) is 9.45. The number of benzene rings is 2. The molecule has 0 bridgehead atoms. The van der Waals surface area contributed by atoms with E-state index in [1.165, 1.54) is 36.1 Å². The molecular weight excluding hydrogens is 759 g/mol. The highest BCUT2D eigenvalue weighted by Crippen LogP contribution is 2.33. The van der Waals surface area contributed by atoms with Crippen molar-refractivity contribution in [2.75, 3.05) is 30.3 Å². The van der Waals surface area contributed by atoms with Crippen LogP contribution >= 0.6 is 0 Å². The maximum absolute atomic E-state index is 6.42. The smallest absolute Gasteiger partial charge is 0.208 e. The van der Waals surface area contributed by atoms with Crippen molar-refractivity contribution in [1.82, 2.24) is 43.6 Å². The number of nitrogens with zero attached hydrogens (tertiary/aromatic N) is 9. The van der Waals surface area contributed by atoms with Gasteiger partial charge in [0.1, 0.15) is 0 Å². The number of imidazole rings is 2. The van der Waals surface area contributed by atoms with Crippen LogP contribution in [-0.4, -0.2) is 69.2 Å². The Morgan fingerprint density at radius 1 is 0.721 bits per heavy atom. The van der Waals surface area contributed by atoms with Crippen LogP contribution in [0, 0.1) is 13.8 Å². The number of anilines is 2. The Labute approximate surface area is 359 Å². The summed E-state index contributed by atoms with van der Waals surface area (Å²) in [6, 6.07) is 13.3. The Morgan fingerprint density at radius 2 is 1.28 bits per heavy atom. The van der Waals surface area contributed by atoms with Gasteiger partial charge in [-0.05, 0) is 138 Å². The first kappa shape index (κ1) is 41.6. The minimum Gasteiger partial charge on any atom is -0.399 e. The molecule has 2 aromatic carbocycles. The third kappa shape index (κ3) is 8.75. The summed E-state index contributed by atoms with van der Waals surface area (Å²) in [5, 5.41) is 16.7. The van der Waals surface area contributed by atoms with Crippen molar-refractivity contribution in [3.8, 4) is 0 Å². The Morgan fingerprint density at radius 3 is 1.87 bits per heavy atom. The summed E-state index contributed by atoms with van der Waals surface area (Å²) in [5.74, 6) is 1.56. The summed E-state index contributed by atoms with van der Waals surface area (Å²) < 4.78 is 8.69. The molecule has 2 aliphatic heterocycles. The molecular formula is C48H63N13. The largest absolute Gasteiger partial charge is 0.399 e. The molecule has 0 saturated carbocycles. The lowest BCUT2D eigenvalue weighted by Crippen LogP contribution is -2.39. The minimum atomic E-state index is 0.371. The lowest BCUT2D eigenvalue weighted by atomic mass is 9.93. The number of piperidine rings is 1. The van der Waals surface area contributed by atoms with E-state index >= 15 is 0 Å². The number of hydrogen-bond donors (Lipinski definition) is 4. The summed E-state index contributed by atoms with van der Waals surface area (Å²) in [6.07, 6.45) is 12.8. The van der Waals surface area contributed by atoms with Crippen molar-refractivity contribution in [1.29, 1.82) is 0 Å². The number of nitrogens with two attached hydrogens (primary N) is 2. The van der Waals surface area contributed by atoms with Gasteiger partial charge in [-0.15, -0.1) is 0 Å². The second kappa shape index (κ2) is 17.9. The molecule has 0 aliphatic carbocycles. The molecule has 8 rings (SSSR count). The van der Waals surface area contributed by atoms with E-state index < -0.39 is 0 Å². The maximum atomic E-state index is 6.42. The topological polar surface area (TPSA) is 151 Å². The number of rotatable bonds is 12. The highest BCUT2D eigenvalue weighted by atomic mass is 15.3. The van der Waals surface area contributed by atoms with E-state index in [1.807, 2.05) is 11.6 Å². The van der Waals surface area contributed by atoms with Gasteiger partial charge in [-0.3, -0.25) is 9.36 Å². The van der Waals surface area contributed by atoms with Crippen LogP contribution in [0.1, 0.15) is 91.0 Å². The lowest BCUT2D eigenvalue weighted by Gasteiger charge is -2.35. The van der Waals surface area contributed by atoms with Crippen molar-refractivity contribution < 1.29 is 0 Å². The van der Waals surface area contributed by atoms with E-state index in [-0.39, 0.29) is 0 Å². The average Bonchev–Trinajstić information content (AvgIpc) is 4.01. The van der Waals surface area contributed by atoms with Crippen LogP contribution in [0.3, 0.4) is 0 Å². The molecule has 61 heavy (non-hydrogen) atoms. The maximum Gasteiger partial charge on any atom is 0.208 e. The van der Waals surface area contributed by atoms with E-state index in [4.69, 9.17) is 21.4 Å². The molecule has 1 unspecified atom stereocenters. The predicted octanol–water partition coefficient (Wildman–Crippen LogP) is 8.02. The van der Waals surface area contributed by atoms with Crippen LogP contribution in [0.2, 0.25) is 0 Å². The normalized spacial score (nSPS) is 17.0. The van der Waals surface area contributed by atoms with E-state index in [0.29, 0.717) is 30.5 Å². The third-order valence-corrected chi connectivity index (χ3v) is 12.4. The molecule has 0 radical (unpaired) electrons. The van der Waals surface area contributed by atoms with Gasteiger partial charge in [0.15, 0.2) is 0 Å². The van der Waals surface area contributed by atoms with E-state index in [9.17, 15) is 0 Å². The molecule has 6 aromatic rings. The second-order valence-corrected chi connectivity index (χ2v) is 16.8. The fourth-order valence-electron chi connectivity index (χ4n) is 9.45. The van der Waals surface area contributed by atoms with Gasteiger partial charge in [-0.25, -0.2) is 9.97 Å². The summed E-state index contributed by atoms with van der Waals surface area (Å²) in [7, 11) is 0. The molecule has 1 saturated heterocycles.